The van der Waals surface area contributed by atoms with Crippen LogP contribution in [-0.4, -0.2) is 15.5 Å². The molecule has 0 aliphatic carbocycles. The average Bonchev–Trinajstić information content (AvgIpc) is 2.70. The van der Waals surface area contributed by atoms with Crippen LogP contribution in [0.1, 0.15) is 23.7 Å². The van der Waals surface area contributed by atoms with Gasteiger partial charge in [-0.1, -0.05) is 67.2 Å². The Bertz CT molecular complexity index is 1020. The fourth-order valence-corrected chi connectivity index (χ4v) is 3.86. The molecular formula is C22H23N3O2S. The summed E-state index contributed by atoms with van der Waals surface area (Å²) in [6, 6.07) is 19.1. The number of rotatable bonds is 7. The van der Waals surface area contributed by atoms with Gasteiger partial charge in [0.25, 0.3) is 5.56 Å². The standard InChI is InChI=1S/C22H23N3O2S/c1-3-18-11-7-8-12-19(18)24-20(26)14-25-21(27)13-16(2)23-22(25)28-15-17-9-5-4-6-10-17/h4-13H,3,14-15H2,1-2H3,(H,24,26). The van der Waals surface area contributed by atoms with Crippen LogP contribution >= 0.6 is 11.8 Å². The molecule has 3 rings (SSSR count). The third kappa shape index (κ3) is 5.10. The van der Waals surface area contributed by atoms with Crippen LogP contribution in [-0.2, 0) is 23.5 Å². The average molecular weight is 394 g/mol. The molecule has 1 aromatic heterocycles. The van der Waals surface area contributed by atoms with E-state index in [4.69, 9.17) is 0 Å². The quantitative estimate of drug-likeness (QED) is 0.486. The summed E-state index contributed by atoms with van der Waals surface area (Å²) < 4.78 is 1.44. The number of nitrogens with one attached hydrogen (secondary N) is 1. The van der Waals surface area contributed by atoms with E-state index in [0.29, 0.717) is 16.6 Å². The number of aromatic nitrogens is 2. The Morgan fingerprint density at radius 2 is 1.82 bits per heavy atom. The SMILES string of the molecule is CCc1ccccc1NC(=O)Cn1c(SCc2ccccc2)nc(C)cc1=O. The molecule has 0 unspecified atom stereocenters. The van der Waals surface area contributed by atoms with Crippen LogP contribution in [0.3, 0.4) is 0 Å². The molecular weight excluding hydrogens is 370 g/mol. The molecule has 0 atom stereocenters. The lowest BCUT2D eigenvalue weighted by molar-refractivity contribution is -0.116. The monoisotopic (exact) mass is 393 g/mol. The van der Waals surface area contributed by atoms with Gasteiger partial charge >= 0.3 is 0 Å². The smallest absolute Gasteiger partial charge is 0.254 e. The maximum absolute atomic E-state index is 12.6. The van der Waals surface area contributed by atoms with Crippen molar-refractivity contribution < 1.29 is 4.79 Å². The minimum absolute atomic E-state index is 0.0682. The van der Waals surface area contributed by atoms with E-state index in [0.717, 1.165) is 23.2 Å². The molecule has 0 saturated carbocycles. The van der Waals surface area contributed by atoms with Gasteiger partial charge in [0.05, 0.1) is 0 Å². The first kappa shape index (κ1) is 19.9. The van der Waals surface area contributed by atoms with Gasteiger partial charge in [-0.05, 0) is 30.5 Å². The Balaban J connectivity index is 1.78. The number of anilines is 1. The first-order valence-corrected chi connectivity index (χ1v) is 10.2. The summed E-state index contributed by atoms with van der Waals surface area (Å²) in [4.78, 5) is 29.6. The summed E-state index contributed by atoms with van der Waals surface area (Å²) in [6.07, 6.45) is 0.820. The predicted molar refractivity (Wildman–Crippen MR) is 114 cm³/mol. The number of aryl methyl sites for hydroxylation is 2. The second-order valence-electron chi connectivity index (χ2n) is 6.44. The molecule has 5 nitrogen and oxygen atoms in total. The van der Waals surface area contributed by atoms with Crippen LogP contribution in [0.25, 0.3) is 0 Å². The molecule has 28 heavy (non-hydrogen) atoms. The van der Waals surface area contributed by atoms with E-state index >= 15 is 0 Å². The van der Waals surface area contributed by atoms with Gasteiger partial charge in [-0.2, -0.15) is 0 Å². The van der Waals surface area contributed by atoms with Crippen molar-refractivity contribution in [3.63, 3.8) is 0 Å². The molecule has 0 aliphatic rings. The summed E-state index contributed by atoms with van der Waals surface area (Å²) in [5, 5.41) is 3.47. The van der Waals surface area contributed by atoms with Crippen LogP contribution < -0.4 is 10.9 Å². The third-order valence-electron chi connectivity index (χ3n) is 4.29. The molecule has 0 saturated heterocycles. The summed E-state index contributed by atoms with van der Waals surface area (Å²) in [6.45, 7) is 3.76. The second-order valence-corrected chi connectivity index (χ2v) is 7.38. The topological polar surface area (TPSA) is 64.0 Å². The summed E-state index contributed by atoms with van der Waals surface area (Å²) in [5.41, 5.74) is 3.40. The van der Waals surface area contributed by atoms with Crippen LogP contribution in [0.5, 0.6) is 0 Å². The maximum Gasteiger partial charge on any atom is 0.254 e. The Hall–Kier alpha value is -2.86. The van der Waals surface area contributed by atoms with Crippen molar-refractivity contribution >= 4 is 23.4 Å². The highest BCUT2D eigenvalue weighted by Crippen LogP contribution is 2.21. The lowest BCUT2D eigenvalue weighted by Crippen LogP contribution is -2.29. The van der Waals surface area contributed by atoms with Crippen LogP contribution in [0.4, 0.5) is 5.69 Å². The fourth-order valence-electron chi connectivity index (χ4n) is 2.86. The molecule has 0 spiro atoms. The van der Waals surface area contributed by atoms with Crippen LogP contribution in [0, 0.1) is 6.92 Å². The minimum Gasteiger partial charge on any atom is -0.324 e. The van der Waals surface area contributed by atoms with Crippen LogP contribution in [0.2, 0.25) is 0 Å². The Morgan fingerprint density at radius 3 is 2.57 bits per heavy atom. The van der Waals surface area contributed by atoms with E-state index in [-0.39, 0.29) is 18.0 Å². The van der Waals surface area contributed by atoms with Gasteiger partial charge in [0.2, 0.25) is 5.91 Å². The molecule has 0 aliphatic heterocycles. The zero-order chi connectivity index (χ0) is 19.9. The van der Waals surface area contributed by atoms with E-state index in [9.17, 15) is 9.59 Å². The van der Waals surface area contributed by atoms with E-state index < -0.39 is 0 Å². The number of thioether (sulfide) groups is 1. The molecule has 6 heteroatoms. The fraction of sp³-hybridized carbons (Fsp3) is 0.227. The van der Waals surface area contributed by atoms with E-state index in [1.54, 1.807) is 6.92 Å². The first-order valence-electron chi connectivity index (χ1n) is 9.19. The number of para-hydroxylation sites is 1. The van der Waals surface area contributed by atoms with Crippen molar-refractivity contribution in [3.05, 3.63) is 87.8 Å². The number of hydrogen-bond donors (Lipinski definition) is 1. The van der Waals surface area contributed by atoms with Gasteiger partial charge in [0.15, 0.2) is 5.16 Å². The zero-order valence-electron chi connectivity index (χ0n) is 16.0. The largest absolute Gasteiger partial charge is 0.324 e. The van der Waals surface area contributed by atoms with E-state index in [2.05, 4.69) is 10.3 Å². The maximum atomic E-state index is 12.6. The van der Waals surface area contributed by atoms with Gasteiger partial charge in [0.1, 0.15) is 6.54 Å². The molecule has 144 valence electrons. The lowest BCUT2D eigenvalue weighted by atomic mass is 10.1. The highest BCUT2D eigenvalue weighted by Gasteiger charge is 2.13. The first-order chi connectivity index (χ1) is 13.6. The number of hydrogen-bond acceptors (Lipinski definition) is 4. The van der Waals surface area contributed by atoms with Crippen molar-refractivity contribution in [2.75, 3.05) is 5.32 Å². The van der Waals surface area contributed by atoms with Crippen molar-refractivity contribution in [3.8, 4) is 0 Å². The second kappa shape index (κ2) is 9.37. The molecule has 0 radical (unpaired) electrons. The Kier molecular flexibility index (Phi) is 6.66. The van der Waals surface area contributed by atoms with Gasteiger partial charge in [0, 0.05) is 23.2 Å². The number of amides is 1. The van der Waals surface area contributed by atoms with Crippen molar-refractivity contribution in [2.45, 2.75) is 37.7 Å². The van der Waals surface area contributed by atoms with Gasteiger partial charge in [-0.3, -0.25) is 14.2 Å². The number of benzene rings is 2. The molecule has 0 fully saturated rings. The molecule has 3 aromatic rings. The summed E-state index contributed by atoms with van der Waals surface area (Å²) in [7, 11) is 0. The van der Waals surface area contributed by atoms with Crippen LogP contribution in [0.15, 0.2) is 70.6 Å². The predicted octanol–water partition coefficient (Wildman–Crippen LogP) is 4.05. The molecule has 1 heterocycles. The molecule has 2 aromatic carbocycles. The lowest BCUT2D eigenvalue weighted by Gasteiger charge is -2.14. The number of carbonyl (C=O) groups excluding carboxylic acids is 1. The summed E-state index contributed by atoms with van der Waals surface area (Å²) >= 11 is 1.46. The van der Waals surface area contributed by atoms with Crippen molar-refractivity contribution in [1.29, 1.82) is 0 Å². The van der Waals surface area contributed by atoms with E-state index in [1.165, 1.54) is 22.4 Å². The third-order valence-corrected chi connectivity index (χ3v) is 5.33. The summed E-state index contributed by atoms with van der Waals surface area (Å²) in [5.74, 6) is 0.437. The zero-order valence-corrected chi connectivity index (χ0v) is 16.8. The van der Waals surface area contributed by atoms with E-state index in [1.807, 2.05) is 61.5 Å². The Morgan fingerprint density at radius 1 is 1.11 bits per heavy atom. The number of carbonyl (C=O) groups is 1. The molecule has 0 bridgehead atoms. The number of nitrogens with zero attached hydrogens (tertiary/aromatic N) is 2. The highest BCUT2D eigenvalue weighted by molar-refractivity contribution is 7.98. The highest BCUT2D eigenvalue weighted by atomic mass is 32.2. The van der Waals surface area contributed by atoms with Gasteiger partial charge in [-0.25, -0.2) is 4.98 Å². The Labute approximate surface area is 168 Å². The molecule has 1 amide bonds. The van der Waals surface area contributed by atoms with Crippen molar-refractivity contribution in [1.82, 2.24) is 9.55 Å². The van der Waals surface area contributed by atoms with Crippen molar-refractivity contribution in [2.24, 2.45) is 0 Å². The van der Waals surface area contributed by atoms with Gasteiger partial charge in [-0.15, -0.1) is 0 Å². The molecule has 1 N–H and O–H groups in total. The normalized spacial score (nSPS) is 10.6. The van der Waals surface area contributed by atoms with Gasteiger partial charge < -0.3 is 5.32 Å². The minimum atomic E-state index is -0.241.